The molecule has 0 amide bonds. The molecule has 0 spiro atoms. The van der Waals surface area contributed by atoms with Crippen LogP contribution in [0.25, 0.3) is 0 Å². The minimum absolute atomic E-state index is 0.215. The second-order valence-electron chi connectivity index (χ2n) is 3.75. The van der Waals surface area contributed by atoms with Crippen LogP contribution in [0.5, 0.6) is 0 Å². The zero-order valence-corrected chi connectivity index (χ0v) is 10.2. The number of rotatable bonds is 4. The van der Waals surface area contributed by atoms with Crippen LogP contribution < -0.4 is 0 Å². The number of ketones is 1. The monoisotopic (exact) mass is 210 g/mol. The van der Waals surface area contributed by atoms with Gasteiger partial charge in [-0.25, -0.2) is 0 Å². The first-order valence-electron chi connectivity index (χ1n) is 5.21. The Bertz CT molecular complexity index is 321. The van der Waals surface area contributed by atoms with Crippen molar-refractivity contribution in [3.05, 3.63) is 21.4 Å². The highest BCUT2D eigenvalue weighted by Gasteiger charge is 2.19. The Labute approximate surface area is 90.2 Å². The van der Waals surface area contributed by atoms with E-state index in [1.807, 2.05) is 6.92 Å². The van der Waals surface area contributed by atoms with Crippen molar-refractivity contribution in [1.29, 1.82) is 0 Å². The van der Waals surface area contributed by atoms with Gasteiger partial charge in [-0.05, 0) is 38.3 Å². The summed E-state index contributed by atoms with van der Waals surface area (Å²) in [6.07, 6.45) is 1.90. The Morgan fingerprint density at radius 1 is 1.36 bits per heavy atom. The standard InChI is InChI=1S/C12H18OS/c1-5-10(6-2)11(13)12-8(3)7-9(4)14-12/h7,10H,5-6H2,1-4H3. The van der Waals surface area contributed by atoms with Gasteiger partial charge in [-0.15, -0.1) is 11.3 Å². The molecule has 0 bridgehead atoms. The molecule has 1 rings (SSSR count). The van der Waals surface area contributed by atoms with Crippen molar-refractivity contribution >= 4 is 17.1 Å². The number of thiophene rings is 1. The first-order valence-corrected chi connectivity index (χ1v) is 6.03. The zero-order valence-electron chi connectivity index (χ0n) is 9.39. The van der Waals surface area contributed by atoms with Gasteiger partial charge in [0.25, 0.3) is 0 Å². The summed E-state index contributed by atoms with van der Waals surface area (Å²) >= 11 is 1.63. The van der Waals surface area contributed by atoms with Crippen molar-refractivity contribution in [3.63, 3.8) is 0 Å². The Kier molecular flexibility index (Phi) is 3.87. The minimum atomic E-state index is 0.215. The molecule has 0 radical (unpaired) electrons. The smallest absolute Gasteiger partial charge is 0.176 e. The quantitative estimate of drug-likeness (QED) is 0.687. The van der Waals surface area contributed by atoms with Crippen molar-refractivity contribution in [1.82, 2.24) is 0 Å². The summed E-state index contributed by atoms with van der Waals surface area (Å²) in [7, 11) is 0. The van der Waals surface area contributed by atoms with Gasteiger partial charge in [-0.3, -0.25) is 4.79 Å². The Morgan fingerprint density at radius 3 is 2.29 bits per heavy atom. The van der Waals surface area contributed by atoms with Crippen LogP contribution in [0.3, 0.4) is 0 Å². The third-order valence-electron chi connectivity index (χ3n) is 2.62. The molecule has 0 saturated carbocycles. The molecule has 1 nitrogen and oxygen atoms in total. The number of carbonyl (C=O) groups is 1. The minimum Gasteiger partial charge on any atom is -0.293 e. The summed E-state index contributed by atoms with van der Waals surface area (Å²) in [5.74, 6) is 0.553. The van der Waals surface area contributed by atoms with Gasteiger partial charge in [0.2, 0.25) is 0 Å². The van der Waals surface area contributed by atoms with E-state index in [0.717, 1.165) is 23.3 Å². The number of aryl methyl sites for hydroxylation is 2. The van der Waals surface area contributed by atoms with Crippen molar-refractivity contribution in [2.75, 3.05) is 0 Å². The van der Waals surface area contributed by atoms with Gasteiger partial charge in [-0.1, -0.05) is 13.8 Å². The van der Waals surface area contributed by atoms with E-state index in [-0.39, 0.29) is 5.92 Å². The van der Waals surface area contributed by atoms with Crippen LogP contribution in [0.4, 0.5) is 0 Å². The second kappa shape index (κ2) is 4.74. The summed E-state index contributed by atoms with van der Waals surface area (Å²) in [6.45, 7) is 8.25. The van der Waals surface area contributed by atoms with E-state index in [2.05, 4.69) is 26.8 Å². The fourth-order valence-electron chi connectivity index (χ4n) is 1.73. The van der Waals surface area contributed by atoms with Crippen LogP contribution in [-0.2, 0) is 0 Å². The van der Waals surface area contributed by atoms with Crippen molar-refractivity contribution in [2.45, 2.75) is 40.5 Å². The largest absolute Gasteiger partial charge is 0.293 e. The van der Waals surface area contributed by atoms with E-state index in [4.69, 9.17) is 0 Å². The van der Waals surface area contributed by atoms with Gasteiger partial charge in [0.1, 0.15) is 0 Å². The lowest BCUT2D eigenvalue weighted by Crippen LogP contribution is -2.12. The SMILES string of the molecule is CCC(CC)C(=O)c1sc(C)cc1C. The molecule has 0 fully saturated rings. The maximum atomic E-state index is 12.1. The van der Waals surface area contributed by atoms with E-state index >= 15 is 0 Å². The lowest BCUT2D eigenvalue weighted by Gasteiger charge is -2.09. The van der Waals surface area contributed by atoms with Gasteiger partial charge in [0, 0.05) is 10.8 Å². The molecule has 0 aromatic carbocycles. The molecule has 14 heavy (non-hydrogen) atoms. The maximum Gasteiger partial charge on any atom is 0.176 e. The highest BCUT2D eigenvalue weighted by molar-refractivity contribution is 7.14. The van der Waals surface area contributed by atoms with Gasteiger partial charge >= 0.3 is 0 Å². The van der Waals surface area contributed by atoms with E-state index in [9.17, 15) is 4.79 Å². The first-order chi connectivity index (χ1) is 6.60. The molecule has 0 N–H and O–H groups in total. The normalized spacial score (nSPS) is 10.9. The summed E-state index contributed by atoms with van der Waals surface area (Å²) in [6, 6.07) is 2.10. The number of carbonyl (C=O) groups excluding carboxylic acids is 1. The predicted octanol–water partition coefficient (Wildman–Crippen LogP) is 3.98. The average molecular weight is 210 g/mol. The molecular formula is C12H18OS. The van der Waals surface area contributed by atoms with Crippen LogP contribution in [-0.4, -0.2) is 5.78 Å². The molecule has 1 aromatic rings. The van der Waals surface area contributed by atoms with Crippen LogP contribution in [0.1, 0.15) is 46.8 Å². The lowest BCUT2D eigenvalue weighted by atomic mass is 9.96. The Balaban J connectivity index is 2.93. The van der Waals surface area contributed by atoms with E-state index in [1.54, 1.807) is 11.3 Å². The van der Waals surface area contributed by atoms with Crippen molar-refractivity contribution in [3.8, 4) is 0 Å². The number of hydrogen-bond acceptors (Lipinski definition) is 2. The number of hydrogen-bond donors (Lipinski definition) is 0. The Morgan fingerprint density at radius 2 is 1.93 bits per heavy atom. The van der Waals surface area contributed by atoms with Crippen LogP contribution in [0.15, 0.2) is 6.07 Å². The second-order valence-corrected chi connectivity index (χ2v) is 5.00. The summed E-state index contributed by atoms with van der Waals surface area (Å²) < 4.78 is 0. The summed E-state index contributed by atoms with van der Waals surface area (Å²) in [4.78, 5) is 14.3. The molecule has 0 aliphatic heterocycles. The fraction of sp³-hybridized carbons (Fsp3) is 0.583. The summed E-state index contributed by atoms with van der Waals surface area (Å²) in [5, 5.41) is 0. The molecule has 0 unspecified atom stereocenters. The molecular weight excluding hydrogens is 192 g/mol. The first kappa shape index (κ1) is 11.4. The molecule has 1 heterocycles. The van der Waals surface area contributed by atoms with Crippen LogP contribution in [0, 0.1) is 19.8 Å². The highest BCUT2D eigenvalue weighted by Crippen LogP contribution is 2.26. The van der Waals surface area contributed by atoms with Crippen LogP contribution >= 0.6 is 11.3 Å². The van der Waals surface area contributed by atoms with Crippen LogP contribution in [0.2, 0.25) is 0 Å². The van der Waals surface area contributed by atoms with Crippen molar-refractivity contribution < 1.29 is 4.79 Å². The highest BCUT2D eigenvalue weighted by atomic mass is 32.1. The molecule has 1 aromatic heterocycles. The molecule has 0 atom stereocenters. The molecule has 0 aliphatic carbocycles. The fourth-order valence-corrected chi connectivity index (χ4v) is 2.78. The molecule has 2 heteroatoms. The third kappa shape index (κ3) is 2.24. The maximum absolute atomic E-state index is 12.1. The van der Waals surface area contributed by atoms with E-state index in [1.165, 1.54) is 4.88 Å². The third-order valence-corrected chi connectivity index (χ3v) is 3.79. The molecule has 0 saturated heterocycles. The topological polar surface area (TPSA) is 17.1 Å². The van der Waals surface area contributed by atoms with Gasteiger partial charge in [-0.2, -0.15) is 0 Å². The molecule has 78 valence electrons. The Hall–Kier alpha value is -0.630. The molecule has 0 aliphatic rings. The summed E-state index contributed by atoms with van der Waals surface area (Å²) in [5.41, 5.74) is 1.14. The zero-order chi connectivity index (χ0) is 10.7. The van der Waals surface area contributed by atoms with Gasteiger partial charge in [0.05, 0.1) is 4.88 Å². The van der Waals surface area contributed by atoms with E-state index in [0.29, 0.717) is 5.78 Å². The van der Waals surface area contributed by atoms with Gasteiger partial charge < -0.3 is 0 Å². The van der Waals surface area contributed by atoms with Crippen molar-refractivity contribution in [2.24, 2.45) is 5.92 Å². The van der Waals surface area contributed by atoms with Gasteiger partial charge in [0.15, 0.2) is 5.78 Å². The number of Topliss-reactive ketones (excluding diaryl/α,β-unsaturated/α-hetero) is 1. The predicted molar refractivity (Wildman–Crippen MR) is 62.2 cm³/mol. The lowest BCUT2D eigenvalue weighted by molar-refractivity contribution is 0.0917. The van der Waals surface area contributed by atoms with E-state index < -0.39 is 0 Å². The average Bonchev–Trinajstić information content (AvgIpc) is 2.47.